The summed E-state index contributed by atoms with van der Waals surface area (Å²) >= 11 is 0. The summed E-state index contributed by atoms with van der Waals surface area (Å²) in [6.45, 7) is 2.29. The van der Waals surface area contributed by atoms with E-state index in [-0.39, 0.29) is 51.4 Å². The largest absolute Gasteiger partial charge is 1.00 e. The zero-order valence-electron chi connectivity index (χ0n) is 6.00. The summed E-state index contributed by atoms with van der Waals surface area (Å²) in [5, 5.41) is 0. The van der Waals surface area contributed by atoms with Crippen molar-refractivity contribution >= 4 is 65.3 Å². The molecule has 9 heteroatoms. The van der Waals surface area contributed by atoms with Crippen LogP contribution >= 0.6 is 0 Å². The van der Waals surface area contributed by atoms with Gasteiger partial charge in [0.05, 0.1) is 0 Å². The first-order chi connectivity index (χ1) is 4.29. The number of rotatable bonds is 0. The van der Waals surface area contributed by atoms with Crippen molar-refractivity contribution < 1.29 is 51.4 Å². The van der Waals surface area contributed by atoms with Crippen LogP contribution in [0.3, 0.4) is 0 Å². The summed E-state index contributed by atoms with van der Waals surface area (Å²) < 4.78 is 0. The maximum Gasteiger partial charge on any atom is 1.00 e. The minimum Gasteiger partial charge on any atom is -0.292 e. The molecule has 0 saturated carbocycles. The number of fused-ring (bicyclic) bond motifs is 3. The Bertz CT molecular complexity index is 103. The Morgan fingerprint density at radius 2 is 1.40 bits per heavy atom. The fourth-order valence-electron chi connectivity index (χ4n) is 0.750. The topological polar surface area (TPSA) is 0 Å². The number of hydrogen-bond donors (Lipinski definition) is 0. The summed E-state index contributed by atoms with van der Waals surface area (Å²) in [6, 6.07) is 0. The maximum atomic E-state index is 2.69. The second kappa shape index (κ2) is 4.74. The van der Waals surface area contributed by atoms with Crippen LogP contribution < -0.4 is 51.4 Å². The van der Waals surface area contributed by atoms with Crippen molar-refractivity contribution in [3.05, 3.63) is 0 Å². The van der Waals surface area contributed by atoms with Gasteiger partial charge in [0.2, 0.25) is 0 Å². The van der Waals surface area contributed by atoms with Gasteiger partial charge in [0.1, 0.15) is 0 Å². The fraction of sp³-hybridized carbons (Fsp3) is 1.00. The second-order valence-corrected chi connectivity index (χ2v) is 47.2. The van der Waals surface area contributed by atoms with E-state index in [4.69, 9.17) is 0 Å². The van der Waals surface area contributed by atoms with E-state index in [1.807, 2.05) is 0 Å². The smallest absolute Gasteiger partial charge is 0.292 e. The van der Waals surface area contributed by atoms with Crippen LogP contribution in [0.15, 0.2) is 0 Å². The van der Waals surface area contributed by atoms with Gasteiger partial charge in [-0.05, 0) is 25.7 Å². The molecule has 2 bridgehead atoms. The van der Waals surface area contributed by atoms with Gasteiger partial charge in [-0.3, -0.25) is 7.35 Å². The molecule has 3 fully saturated rings. The molecule has 3 saturated heterocycles. The van der Waals surface area contributed by atoms with Crippen molar-refractivity contribution in [3.8, 4) is 0 Å². The van der Waals surface area contributed by atoms with Gasteiger partial charge >= 0.3 is 51.4 Å². The molecule has 10 heavy (non-hydrogen) atoms. The van der Waals surface area contributed by atoms with E-state index >= 15 is 0 Å². The molecule has 0 aromatic carbocycles. The Morgan fingerprint density at radius 1 is 1.00 bits per heavy atom. The summed E-state index contributed by atoms with van der Waals surface area (Å²) in [7, 11) is 9.66. The molecule has 12 radical (unpaired) electrons. The normalized spacial score (nSPS) is 29.7. The molecule has 0 aromatic rings. The Hall–Kier alpha value is 3.37. The van der Waals surface area contributed by atoms with Crippen LogP contribution in [0, 0.1) is 0 Å². The molecule has 3 rings (SSSR count). The first-order valence-corrected chi connectivity index (χ1v) is 21.8. The molecule has 0 atom stereocenters. The van der Waals surface area contributed by atoms with Crippen molar-refractivity contribution in [2.24, 2.45) is 0 Å². The zero-order chi connectivity index (χ0) is 6.32. The number of hydrogen-bond acceptors (Lipinski definition) is 0. The van der Waals surface area contributed by atoms with E-state index in [0.29, 0.717) is 7.35 Å². The van der Waals surface area contributed by atoms with Gasteiger partial charge in [0.15, 0.2) is 0 Å². The fourth-order valence-corrected chi connectivity index (χ4v) is 152. The predicted octanol–water partition coefficient (Wildman–Crippen LogP) is -5.46. The minimum absolute atomic E-state index is 0. The minimum atomic E-state index is -0.399. The van der Waals surface area contributed by atoms with E-state index in [2.05, 4.69) is 6.55 Å². The van der Waals surface area contributed by atoms with Gasteiger partial charge in [-0.1, -0.05) is 6.55 Å². The van der Waals surface area contributed by atoms with E-state index in [1.165, 1.54) is 0 Å². The Labute approximate surface area is 121 Å². The zero-order valence-corrected chi connectivity index (χ0v) is 17.1. The van der Waals surface area contributed by atoms with Gasteiger partial charge in [-0.25, -0.2) is 0 Å². The van der Waals surface area contributed by atoms with Gasteiger partial charge in [0, 0.05) is 6.63 Å². The van der Waals surface area contributed by atoms with E-state index in [0.717, 1.165) is 0 Å². The van der Waals surface area contributed by atoms with Gasteiger partial charge in [-0.2, -0.15) is 25.7 Å². The first kappa shape index (κ1) is 11.4. The maximum absolute atomic E-state index is 2.69. The van der Waals surface area contributed by atoms with Crippen molar-refractivity contribution in [2.45, 2.75) is 6.55 Å². The van der Waals surface area contributed by atoms with Crippen LogP contribution in [-0.4, -0.2) is 65.3 Å². The van der Waals surface area contributed by atoms with Crippen molar-refractivity contribution in [2.75, 3.05) is 0 Å². The van der Waals surface area contributed by atoms with Gasteiger partial charge < -0.3 is 0 Å². The van der Waals surface area contributed by atoms with E-state index < -0.39 is 6.63 Å². The Kier molecular flexibility index (Phi) is 5.43. The quantitative estimate of drug-likeness (QED) is 0.388. The molecule has 3 heterocycles. The molecule has 0 unspecified atom stereocenters. The van der Waals surface area contributed by atoms with Crippen molar-refractivity contribution in [1.82, 2.24) is 0 Å². The summed E-state index contributed by atoms with van der Waals surface area (Å²) in [5.41, 5.74) is 0. The van der Waals surface area contributed by atoms with Crippen molar-refractivity contribution in [3.63, 3.8) is 0 Å². The first-order valence-electron chi connectivity index (χ1n) is 2.75. The third kappa shape index (κ3) is 2.68. The molecule has 0 aromatic heterocycles. The van der Waals surface area contributed by atoms with Crippen molar-refractivity contribution in [1.29, 1.82) is 0 Å². The Balaban J connectivity index is 0.000000500. The average molecular weight is 279 g/mol. The molecular formula is CH3KSi8. The molecule has 0 nitrogen and oxygen atoms in total. The average Bonchev–Trinajstić information content (AvgIpc) is 1.90. The predicted molar refractivity (Wildman–Crippen MR) is 51.9 cm³/mol. The SMILES string of the molecule is C[Si]12[Si][Si][Si-]([Si][Si]1)[Si][Si]2.[K+]. The van der Waals surface area contributed by atoms with Gasteiger partial charge in [-0.15, -0.1) is 0 Å². The van der Waals surface area contributed by atoms with Gasteiger partial charge in [0.25, 0.3) is 0 Å². The summed E-state index contributed by atoms with van der Waals surface area (Å²) in [4.78, 5) is 0. The molecule has 0 aliphatic carbocycles. The molecule has 0 amide bonds. The van der Waals surface area contributed by atoms with E-state index in [9.17, 15) is 0 Å². The molecule has 0 N–H and O–H groups in total. The third-order valence-electron chi connectivity index (χ3n) is 1.31. The standard InChI is InChI=1S/CH3Si8.K/c1-9-5-2-8(3-6-9)4-7-9;/h1H3;/q-1;+1. The van der Waals surface area contributed by atoms with E-state index in [1.54, 1.807) is 51.3 Å². The Morgan fingerprint density at radius 3 is 1.60 bits per heavy atom. The summed E-state index contributed by atoms with van der Waals surface area (Å²) in [5.74, 6) is 0. The third-order valence-corrected chi connectivity index (χ3v) is 86.1. The van der Waals surface area contributed by atoms with Crippen LogP contribution in [-0.2, 0) is 0 Å². The molecule has 3 aliphatic rings. The molecule has 40 valence electrons. The van der Waals surface area contributed by atoms with Crippen LogP contribution in [0.5, 0.6) is 0 Å². The monoisotopic (exact) mass is 278 g/mol. The van der Waals surface area contributed by atoms with Crippen LogP contribution in [0.25, 0.3) is 0 Å². The van der Waals surface area contributed by atoms with Crippen LogP contribution in [0.2, 0.25) is 6.55 Å². The summed E-state index contributed by atoms with van der Waals surface area (Å²) in [6.07, 6.45) is 0. The molecule has 0 spiro atoms. The van der Waals surface area contributed by atoms with Crippen LogP contribution in [0.4, 0.5) is 0 Å². The van der Waals surface area contributed by atoms with Crippen LogP contribution in [0.1, 0.15) is 0 Å². The molecule has 3 aliphatic heterocycles. The molecular weight excluding hydrogens is 276 g/mol. The second-order valence-electron chi connectivity index (χ2n) is 2.25.